The Morgan fingerprint density at radius 3 is 2.42 bits per heavy atom. The predicted octanol–water partition coefficient (Wildman–Crippen LogP) is 3.35. The van der Waals surface area contributed by atoms with Gasteiger partial charge in [-0.1, -0.05) is 13.8 Å². The van der Waals surface area contributed by atoms with E-state index < -0.39 is 0 Å². The van der Waals surface area contributed by atoms with Crippen molar-refractivity contribution < 1.29 is 0 Å². The minimum Gasteiger partial charge on any atom is -0.246 e. The van der Waals surface area contributed by atoms with Crippen molar-refractivity contribution in [3.05, 3.63) is 15.6 Å². The lowest BCUT2D eigenvalue weighted by Crippen LogP contribution is -1.91. The van der Waals surface area contributed by atoms with Crippen LogP contribution in [0.1, 0.15) is 35.8 Å². The van der Waals surface area contributed by atoms with E-state index in [2.05, 4.69) is 32.7 Å². The van der Waals surface area contributed by atoms with E-state index in [1.165, 1.54) is 22.0 Å². The zero-order valence-corrected chi connectivity index (χ0v) is 9.16. The maximum atomic E-state index is 4.50. The lowest BCUT2D eigenvalue weighted by molar-refractivity contribution is 0.585. The van der Waals surface area contributed by atoms with Crippen molar-refractivity contribution in [2.75, 3.05) is 0 Å². The van der Waals surface area contributed by atoms with E-state index in [4.69, 9.17) is 0 Å². The van der Waals surface area contributed by atoms with E-state index in [0.717, 1.165) is 12.3 Å². The van der Waals surface area contributed by atoms with Gasteiger partial charge in [-0.05, 0) is 32.6 Å². The van der Waals surface area contributed by atoms with Crippen LogP contribution in [0.25, 0.3) is 0 Å². The summed E-state index contributed by atoms with van der Waals surface area (Å²) in [5.41, 5.74) is 1.21. The Kier molecular flexibility index (Phi) is 3.27. The van der Waals surface area contributed by atoms with Crippen molar-refractivity contribution in [2.45, 2.75) is 40.5 Å². The average molecular weight is 183 g/mol. The van der Waals surface area contributed by atoms with E-state index in [1.807, 2.05) is 11.3 Å². The zero-order chi connectivity index (χ0) is 9.14. The fourth-order valence-electron chi connectivity index (χ4n) is 1.06. The summed E-state index contributed by atoms with van der Waals surface area (Å²) in [4.78, 5) is 5.87. The summed E-state index contributed by atoms with van der Waals surface area (Å²) in [6, 6.07) is 0. The van der Waals surface area contributed by atoms with Gasteiger partial charge < -0.3 is 0 Å². The van der Waals surface area contributed by atoms with Crippen molar-refractivity contribution in [2.24, 2.45) is 5.92 Å². The molecule has 0 unspecified atom stereocenters. The van der Waals surface area contributed by atoms with Crippen LogP contribution in [0.3, 0.4) is 0 Å². The Hall–Kier alpha value is -0.370. The predicted molar refractivity (Wildman–Crippen MR) is 54.7 cm³/mol. The number of hydrogen-bond acceptors (Lipinski definition) is 2. The molecule has 1 heterocycles. The monoisotopic (exact) mass is 183 g/mol. The molecule has 0 fully saturated rings. The minimum absolute atomic E-state index is 0.787. The third-order valence-corrected chi connectivity index (χ3v) is 3.14. The van der Waals surface area contributed by atoms with Gasteiger partial charge in [-0.3, -0.25) is 0 Å². The first-order valence-corrected chi connectivity index (χ1v) is 5.34. The van der Waals surface area contributed by atoms with Crippen molar-refractivity contribution in [3.8, 4) is 0 Å². The van der Waals surface area contributed by atoms with Gasteiger partial charge in [0, 0.05) is 4.88 Å². The van der Waals surface area contributed by atoms with Gasteiger partial charge in [-0.25, -0.2) is 4.98 Å². The van der Waals surface area contributed by atoms with Crippen molar-refractivity contribution >= 4 is 11.3 Å². The molecule has 0 aromatic carbocycles. The molecule has 0 bridgehead atoms. The van der Waals surface area contributed by atoms with Gasteiger partial charge in [-0.2, -0.15) is 0 Å². The zero-order valence-electron chi connectivity index (χ0n) is 8.35. The number of rotatable bonds is 3. The Morgan fingerprint density at radius 2 is 2.00 bits per heavy atom. The summed E-state index contributed by atoms with van der Waals surface area (Å²) in [6.07, 6.45) is 2.41. The number of aromatic nitrogens is 1. The van der Waals surface area contributed by atoms with Gasteiger partial charge in [-0.15, -0.1) is 11.3 Å². The molecule has 12 heavy (non-hydrogen) atoms. The molecule has 0 aliphatic carbocycles. The van der Waals surface area contributed by atoms with Crippen LogP contribution in [-0.2, 0) is 6.42 Å². The quantitative estimate of drug-likeness (QED) is 0.700. The summed E-state index contributed by atoms with van der Waals surface area (Å²) in [5, 5.41) is 1.30. The normalized spacial score (nSPS) is 11.1. The molecule has 0 amide bonds. The molecule has 0 aliphatic rings. The smallest absolute Gasteiger partial charge is 0.0930 e. The Balaban J connectivity index is 2.53. The summed E-state index contributed by atoms with van der Waals surface area (Å²) in [5.74, 6) is 0.787. The number of hydrogen-bond donors (Lipinski definition) is 0. The van der Waals surface area contributed by atoms with Crippen molar-refractivity contribution in [1.82, 2.24) is 4.98 Å². The summed E-state index contributed by atoms with van der Waals surface area (Å²) >= 11 is 1.85. The second-order valence-corrected chi connectivity index (χ2v) is 4.97. The molecule has 0 saturated carbocycles. The van der Waals surface area contributed by atoms with E-state index in [1.54, 1.807) is 0 Å². The highest BCUT2D eigenvalue weighted by molar-refractivity contribution is 7.11. The molecular weight excluding hydrogens is 166 g/mol. The van der Waals surface area contributed by atoms with Crippen LogP contribution in [0, 0.1) is 19.8 Å². The number of thiazole rings is 1. The second kappa shape index (κ2) is 4.04. The van der Waals surface area contributed by atoms with Crippen LogP contribution in [-0.4, -0.2) is 4.98 Å². The van der Waals surface area contributed by atoms with Crippen LogP contribution in [0.15, 0.2) is 0 Å². The third kappa shape index (κ3) is 2.59. The maximum absolute atomic E-state index is 4.50. The lowest BCUT2D eigenvalue weighted by Gasteiger charge is -1.99. The first-order valence-electron chi connectivity index (χ1n) is 4.52. The molecule has 1 aromatic heterocycles. The molecular formula is C10H17NS. The highest BCUT2D eigenvalue weighted by Gasteiger charge is 2.03. The van der Waals surface area contributed by atoms with Crippen LogP contribution in [0.5, 0.6) is 0 Å². The van der Waals surface area contributed by atoms with Gasteiger partial charge in [0.1, 0.15) is 0 Å². The first-order chi connectivity index (χ1) is 5.59. The average Bonchev–Trinajstić information content (AvgIpc) is 2.28. The van der Waals surface area contributed by atoms with E-state index in [0.29, 0.717) is 0 Å². The molecule has 2 heteroatoms. The topological polar surface area (TPSA) is 12.9 Å². The standard InChI is InChI=1S/C10H17NS/c1-7(2)5-6-10-11-8(3)9(4)12-10/h7H,5-6H2,1-4H3. The van der Waals surface area contributed by atoms with Crippen molar-refractivity contribution in [3.63, 3.8) is 0 Å². The maximum Gasteiger partial charge on any atom is 0.0930 e. The molecule has 1 nitrogen and oxygen atoms in total. The molecule has 68 valence electrons. The first kappa shape index (κ1) is 9.72. The van der Waals surface area contributed by atoms with Gasteiger partial charge in [0.15, 0.2) is 0 Å². The molecule has 0 atom stereocenters. The third-order valence-electron chi connectivity index (χ3n) is 2.01. The molecule has 0 saturated heterocycles. The Labute approximate surface area is 78.8 Å². The molecule has 1 aromatic rings. The molecule has 1 rings (SSSR count). The number of nitrogens with zero attached hydrogens (tertiary/aromatic N) is 1. The van der Waals surface area contributed by atoms with Gasteiger partial charge >= 0.3 is 0 Å². The summed E-state index contributed by atoms with van der Waals surface area (Å²) in [7, 11) is 0. The summed E-state index contributed by atoms with van der Waals surface area (Å²) < 4.78 is 0. The van der Waals surface area contributed by atoms with E-state index >= 15 is 0 Å². The molecule has 0 radical (unpaired) electrons. The van der Waals surface area contributed by atoms with Gasteiger partial charge in [0.2, 0.25) is 0 Å². The van der Waals surface area contributed by atoms with Crippen molar-refractivity contribution in [1.29, 1.82) is 0 Å². The summed E-state index contributed by atoms with van der Waals surface area (Å²) in [6.45, 7) is 8.75. The van der Waals surface area contributed by atoms with Crippen LogP contribution >= 0.6 is 11.3 Å². The highest BCUT2D eigenvalue weighted by atomic mass is 32.1. The van der Waals surface area contributed by atoms with Crippen LogP contribution in [0.4, 0.5) is 0 Å². The van der Waals surface area contributed by atoms with Crippen LogP contribution < -0.4 is 0 Å². The Morgan fingerprint density at radius 1 is 1.33 bits per heavy atom. The molecule has 0 spiro atoms. The minimum atomic E-state index is 0.787. The van der Waals surface area contributed by atoms with Crippen LogP contribution in [0.2, 0.25) is 0 Å². The van der Waals surface area contributed by atoms with Gasteiger partial charge in [0.05, 0.1) is 10.7 Å². The Bertz CT molecular complexity index is 231. The van der Waals surface area contributed by atoms with E-state index in [9.17, 15) is 0 Å². The fraction of sp³-hybridized carbons (Fsp3) is 0.700. The second-order valence-electron chi connectivity index (χ2n) is 3.68. The van der Waals surface area contributed by atoms with Gasteiger partial charge in [0.25, 0.3) is 0 Å². The fourth-order valence-corrected chi connectivity index (χ4v) is 2.01. The molecule has 0 aliphatic heterocycles. The van der Waals surface area contributed by atoms with E-state index in [-0.39, 0.29) is 0 Å². The SMILES string of the molecule is Cc1nc(CCC(C)C)sc1C. The molecule has 0 N–H and O–H groups in total. The number of aryl methyl sites for hydroxylation is 3. The highest BCUT2D eigenvalue weighted by Crippen LogP contribution is 2.18. The largest absolute Gasteiger partial charge is 0.246 e. The lowest BCUT2D eigenvalue weighted by atomic mass is 10.1.